The van der Waals surface area contributed by atoms with Crippen molar-refractivity contribution in [3.63, 3.8) is 0 Å². The smallest absolute Gasteiger partial charge is 0.254 e. The number of rotatable bonds is 6. The van der Waals surface area contributed by atoms with Gasteiger partial charge in [0.1, 0.15) is 25.0 Å². The number of aromatic nitrogens is 2. The molecular formula is C21H27N2O2+. The van der Waals surface area contributed by atoms with E-state index in [2.05, 4.69) is 61.2 Å². The van der Waals surface area contributed by atoms with Crippen molar-refractivity contribution < 1.29 is 14.4 Å². The van der Waals surface area contributed by atoms with E-state index in [0.29, 0.717) is 6.54 Å². The van der Waals surface area contributed by atoms with E-state index in [1.165, 1.54) is 16.6 Å². The first-order valence-electron chi connectivity index (χ1n) is 8.85. The lowest BCUT2D eigenvalue weighted by Gasteiger charge is -2.13. The summed E-state index contributed by atoms with van der Waals surface area (Å²) in [5, 5.41) is 10.5. The number of benzene rings is 2. The Morgan fingerprint density at radius 3 is 2.68 bits per heavy atom. The molecule has 25 heavy (non-hydrogen) atoms. The van der Waals surface area contributed by atoms with Crippen LogP contribution in [0, 0.1) is 13.8 Å². The third kappa shape index (κ3) is 3.69. The molecule has 0 aliphatic heterocycles. The third-order valence-corrected chi connectivity index (χ3v) is 4.76. The zero-order chi connectivity index (χ0) is 18.0. The molecule has 0 saturated carbocycles. The van der Waals surface area contributed by atoms with Gasteiger partial charge in [-0.25, -0.2) is 9.13 Å². The van der Waals surface area contributed by atoms with Crippen LogP contribution in [0.15, 0.2) is 42.5 Å². The Morgan fingerprint density at radius 1 is 1.16 bits per heavy atom. The maximum Gasteiger partial charge on any atom is 0.254 e. The van der Waals surface area contributed by atoms with Crippen LogP contribution in [-0.4, -0.2) is 22.4 Å². The van der Waals surface area contributed by atoms with E-state index in [1.54, 1.807) is 0 Å². The Bertz CT molecular complexity index is 883. The summed E-state index contributed by atoms with van der Waals surface area (Å²) in [5.41, 5.74) is 4.73. The van der Waals surface area contributed by atoms with Crippen LogP contribution >= 0.6 is 0 Å². The van der Waals surface area contributed by atoms with E-state index in [4.69, 9.17) is 4.74 Å². The second-order valence-electron chi connectivity index (χ2n) is 6.68. The topological polar surface area (TPSA) is 38.3 Å². The summed E-state index contributed by atoms with van der Waals surface area (Å²) in [5.74, 6) is 1.94. The van der Waals surface area contributed by atoms with Crippen LogP contribution in [-0.2, 0) is 20.0 Å². The van der Waals surface area contributed by atoms with Crippen LogP contribution in [0.3, 0.4) is 0 Å². The van der Waals surface area contributed by atoms with Gasteiger partial charge >= 0.3 is 0 Å². The maximum atomic E-state index is 10.5. The second kappa shape index (κ2) is 7.28. The molecule has 0 fully saturated rings. The number of ether oxygens (including phenoxy) is 1. The number of hydrogen-bond donors (Lipinski definition) is 1. The molecule has 3 rings (SSSR count). The molecule has 1 aromatic heterocycles. The van der Waals surface area contributed by atoms with Gasteiger partial charge in [-0.1, -0.05) is 25.1 Å². The first-order valence-corrected chi connectivity index (χ1v) is 8.85. The molecule has 0 spiro atoms. The van der Waals surface area contributed by atoms with E-state index in [1.807, 2.05) is 18.2 Å². The van der Waals surface area contributed by atoms with Crippen molar-refractivity contribution in [1.82, 2.24) is 4.57 Å². The molecular weight excluding hydrogens is 312 g/mol. The number of hydrogen-bond acceptors (Lipinski definition) is 2. The second-order valence-corrected chi connectivity index (χ2v) is 6.68. The highest BCUT2D eigenvalue weighted by molar-refractivity contribution is 5.72. The minimum Gasteiger partial charge on any atom is -0.491 e. The molecule has 4 heteroatoms. The minimum atomic E-state index is -0.569. The lowest BCUT2D eigenvalue weighted by molar-refractivity contribution is -0.652. The third-order valence-electron chi connectivity index (χ3n) is 4.76. The van der Waals surface area contributed by atoms with Gasteiger partial charge in [0.25, 0.3) is 5.82 Å². The molecule has 1 heterocycles. The molecule has 0 amide bonds. The van der Waals surface area contributed by atoms with Crippen molar-refractivity contribution >= 4 is 11.0 Å². The largest absolute Gasteiger partial charge is 0.491 e. The van der Waals surface area contributed by atoms with Gasteiger partial charge in [-0.3, -0.25) is 0 Å². The summed E-state index contributed by atoms with van der Waals surface area (Å²) < 4.78 is 10.2. The Balaban J connectivity index is 1.72. The van der Waals surface area contributed by atoms with Gasteiger partial charge in [-0.15, -0.1) is 0 Å². The van der Waals surface area contributed by atoms with E-state index in [9.17, 15) is 5.11 Å². The van der Waals surface area contributed by atoms with E-state index in [-0.39, 0.29) is 6.61 Å². The van der Waals surface area contributed by atoms with Crippen LogP contribution in [0.4, 0.5) is 0 Å². The average molecular weight is 339 g/mol. The molecule has 0 aliphatic carbocycles. The number of nitrogens with zero attached hydrogens (tertiary/aromatic N) is 2. The molecule has 132 valence electrons. The van der Waals surface area contributed by atoms with Crippen molar-refractivity contribution in [1.29, 1.82) is 0 Å². The minimum absolute atomic E-state index is 0.280. The summed E-state index contributed by atoms with van der Waals surface area (Å²) in [6.07, 6.45) is 0.408. The summed E-state index contributed by atoms with van der Waals surface area (Å²) in [7, 11) is 2.05. The van der Waals surface area contributed by atoms with Gasteiger partial charge in [0, 0.05) is 6.92 Å². The van der Waals surface area contributed by atoms with Crippen LogP contribution in [0.5, 0.6) is 5.75 Å². The number of fused-ring (bicyclic) bond motifs is 1. The number of aryl methyl sites for hydroxylation is 3. The predicted octanol–water partition coefficient (Wildman–Crippen LogP) is 3.08. The molecule has 2 aromatic carbocycles. The summed E-state index contributed by atoms with van der Waals surface area (Å²) >= 11 is 0. The lowest BCUT2D eigenvalue weighted by Crippen LogP contribution is -2.32. The number of imidazole rings is 1. The predicted molar refractivity (Wildman–Crippen MR) is 99.9 cm³/mol. The number of aliphatic hydroxyl groups excluding tert-OH is 1. The molecule has 1 N–H and O–H groups in total. The highest BCUT2D eigenvalue weighted by Gasteiger charge is 2.21. The van der Waals surface area contributed by atoms with E-state index >= 15 is 0 Å². The average Bonchev–Trinajstić information content (AvgIpc) is 2.85. The van der Waals surface area contributed by atoms with Crippen LogP contribution in [0.2, 0.25) is 0 Å². The Morgan fingerprint density at radius 2 is 1.92 bits per heavy atom. The molecule has 0 bridgehead atoms. The van der Waals surface area contributed by atoms with Crippen molar-refractivity contribution in [2.75, 3.05) is 6.61 Å². The Hall–Kier alpha value is -2.33. The van der Waals surface area contributed by atoms with Crippen molar-refractivity contribution in [3.8, 4) is 5.75 Å². The summed E-state index contributed by atoms with van der Waals surface area (Å²) in [6.45, 7) is 7.06. The highest BCUT2D eigenvalue weighted by Crippen LogP contribution is 2.18. The first kappa shape index (κ1) is 17.5. The monoisotopic (exact) mass is 339 g/mol. The fourth-order valence-corrected chi connectivity index (χ4v) is 3.30. The molecule has 0 saturated heterocycles. The van der Waals surface area contributed by atoms with Crippen LogP contribution < -0.4 is 9.30 Å². The maximum absolute atomic E-state index is 10.5. The molecule has 0 aliphatic rings. The van der Waals surface area contributed by atoms with Crippen molar-refractivity contribution in [2.45, 2.75) is 39.8 Å². The standard InChI is InChI=1S/C21H27N2O2/c1-5-17-10-15(2)11-19(12-17)25-14-18(24)13-23-16(3)22(4)20-8-6-7-9-21(20)23/h6-12,18,24H,5,13-14H2,1-4H3/q+1/t18-/m0/s1. The fraction of sp³-hybridized carbons (Fsp3) is 0.381. The molecule has 0 radical (unpaired) electrons. The van der Waals surface area contributed by atoms with Gasteiger partial charge in [0.2, 0.25) is 0 Å². The Kier molecular flexibility index (Phi) is 5.09. The molecule has 1 atom stereocenters. The quantitative estimate of drug-likeness (QED) is 0.701. The fourth-order valence-electron chi connectivity index (χ4n) is 3.30. The highest BCUT2D eigenvalue weighted by atomic mass is 16.5. The van der Waals surface area contributed by atoms with Crippen LogP contribution in [0.1, 0.15) is 23.9 Å². The Labute approximate surface area is 149 Å². The summed E-state index contributed by atoms with van der Waals surface area (Å²) in [4.78, 5) is 0. The lowest BCUT2D eigenvalue weighted by atomic mass is 10.1. The normalized spacial score (nSPS) is 12.5. The number of para-hydroxylation sites is 2. The van der Waals surface area contributed by atoms with E-state index in [0.717, 1.165) is 23.5 Å². The van der Waals surface area contributed by atoms with Gasteiger partial charge < -0.3 is 9.84 Å². The van der Waals surface area contributed by atoms with Gasteiger partial charge in [-0.05, 0) is 48.7 Å². The zero-order valence-corrected chi connectivity index (χ0v) is 15.5. The zero-order valence-electron chi connectivity index (χ0n) is 15.5. The van der Waals surface area contributed by atoms with Crippen molar-refractivity contribution in [3.05, 3.63) is 59.4 Å². The summed E-state index contributed by atoms with van der Waals surface area (Å²) in [6, 6.07) is 14.5. The molecule has 0 unspecified atom stereocenters. The van der Waals surface area contributed by atoms with Crippen LogP contribution in [0.25, 0.3) is 11.0 Å². The van der Waals surface area contributed by atoms with Gasteiger partial charge in [0.05, 0.1) is 7.05 Å². The number of aliphatic hydroxyl groups is 1. The van der Waals surface area contributed by atoms with Gasteiger partial charge in [-0.2, -0.15) is 0 Å². The molecule has 4 nitrogen and oxygen atoms in total. The van der Waals surface area contributed by atoms with Gasteiger partial charge in [0.15, 0.2) is 11.0 Å². The van der Waals surface area contributed by atoms with Crippen molar-refractivity contribution in [2.24, 2.45) is 7.05 Å². The molecule has 3 aromatic rings. The SMILES string of the molecule is CCc1cc(C)cc(OC[C@@H](O)Cn2c(C)[n+](C)c3ccccc32)c1. The van der Waals surface area contributed by atoms with E-state index < -0.39 is 6.10 Å². The first-order chi connectivity index (χ1) is 12.0.